The average Bonchev–Trinajstić information content (AvgIpc) is 3.49. The fourth-order valence-corrected chi connectivity index (χ4v) is 3.78. The summed E-state index contributed by atoms with van der Waals surface area (Å²) in [6.07, 6.45) is -4.16. The zero-order valence-corrected chi connectivity index (χ0v) is 18.3. The molecule has 0 spiro atoms. The van der Waals surface area contributed by atoms with E-state index in [0.29, 0.717) is 23.4 Å². The summed E-state index contributed by atoms with van der Waals surface area (Å²) in [5, 5.41) is 23.3. The highest BCUT2D eigenvalue weighted by molar-refractivity contribution is 5.87. The Kier molecular flexibility index (Phi) is 6.18. The third kappa shape index (κ3) is 4.41. The molecule has 2 atom stereocenters. The number of benzene rings is 2. The fraction of sp³-hybridized carbons (Fsp3) is 0.261. The van der Waals surface area contributed by atoms with Gasteiger partial charge in [0.1, 0.15) is 17.4 Å². The van der Waals surface area contributed by atoms with Crippen molar-refractivity contribution in [2.24, 2.45) is 0 Å². The lowest BCUT2D eigenvalue weighted by Gasteiger charge is -2.20. The van der Waals surface area contributed by atoms with Crippen LogP contribution in [0.2, 0.25) is 0 Å². The van der Waals surface area contributed by atoms with Crippen LogP contribution in [0.25, 0.3) is 22.5 Å². The highest BCUT2D eigenvalue weighted by Gasteiger charge is 2.45. The van der Waals surface area contributed by atoms with Crippen LogP contribution in [0.3, 0.4) is 0 Å². The summed E-state index contributed by atoms with van der Waals surface area (Å²) in [6, 6.07) is 13.0. The molecule has 0 saturated carbocycles. The highest BCUT2D eigenvalue weighted by Crippen LogP contribution is 2.42. The first-order valence-corrected chi connectivity index (χ1v) is 10.5. The van der Waals surface area contributed by atoms with Gasteiger partial charge in [-0.1, -0.05) is 62.4 Å². The number of imidazole rings is 1. The molecule has 4 rings (SSSR count). The van der Waals surface area contributed by atoms with Gasteiger partial charge in [-0.15, -0.1) is 5.10 Å². The Balaban J connectivity index is 1.78. The maximum absolute atomic E-state index is 14.2. The van der Waals surface area contributed by atoms with Crippen molar-refractivity contribution in [1.82, 2.24) is 30.6 Å². The molecule has 4 aromatic rings. The van der Waals surface area contributed by atoms with Gasteiger partial charge in [0.25, 0.3) is 0 Å². The second-order valence-corrected chi connectivity index (χ2v) is 7.89. The van der Waals surface area contributed by atoms with Crippen molar-refractivity contribution in [3.05, 3.63) is 71.3 Å². The predicted octanol–water partition coefficient (Wildman–Crippen LogP) is 5.16. The first-order valence-electron chi connectivity index (χ1n) is 10.5. The van der Waals surface area contributed by atoms with Crippen molar-refractivity contribution in [3.8, 4) is 22.5 Å². The lowest BCUT2D eigenvalue weighted by Crippen LogP contribution is -2.24. The summed E-state index contributed by atoms with van der Waals surface area (Å²) < 4.78 is 42.7. The fourth-order valence-electron chi connectivity index (χ4n) is 3.78. The average molecular weight is 470 g/mol. The molecule has 0 aliphatic rings. The molecular formula is C23H21F3N6O2. The highest BCUT2D eigenvalue weighted by atomic mass is 19.4. The molecule has 2 aromatic carbocycles. The molecule has 0 radical (unpaired) electrons. The summed E-state index contributed by atoms with van der Waals surface area (Å²) in [5.74, 6) is -3.26. The lowest BCUT2D eigenvalue weighted by molar-refractivity contribution is -0.141. The number of hydrogen-bond acceptors (Lipinski definition) is 5. The van der Waals surface area contributed by atoms with E-state index in [1.165, 1.54) is 12.1 Å². The number of nitrogens with one attached hydrogen (secondary N) is 2. The summed E-state index contributed by atoms with van der Waals surface area (Å²) in [5.41, 5.74) is 0.853. The minimum Gasteiger partial charge on any atom is -0.477 e. The number of carboxylic acid groups (broad SMARTS) is 1. The largest absolute Gasteiger partial charge is 0.477 e. The molecule has 11 heteroatoms. The molecule has 2 aromatic heterocycles. The van der Waals surface area contributed by atoms with E-state index in [-0.39, 0.29) is 17.3 Å². The van der Waals surface area contributed by atoms with Crippen LogP contribution in [-0.4, -0.2) is 47.8 Å². The minimum atomic E-state index is -4.75. The monoisotopic (exact) mass is 470 g/mol. The topological polar surface area (TPSA) is 120 Å². The number of carboxylic acids is 1. The normalized spacial score (nSPS) is 13.6. The molecule has 8 nitrogen and oxygen atoms in total. The van der Waals surface area contributed by atoms with Crippen molar-refractivity contribution >= 4 is 5.97 Å². The second kappa shape index (κ2) is 9.08. The second-order valence-electron chi connectivity index (χ2n) is 7.89. The number of nitrogens with zero attached hydrogens (tertiary/aromatic N) is 4. The minimum absolute atomic E-state index is 0.111. The van der Waals surface area contributed by atoms with Crippen molar-refractivity contribution in [2.75, 3.05) is 0 Å². The van der Waals surface area contributed by atoms with Gasteiger partial charge in [-0.2, -0.15) is 13.2 Å². The van der Waals surface area contributed by atoms with Crippen LogP contribution in [-0.2, 0) is 0 Å². The summed E-state index contributed by atoms with van der Waals surface area (Å²) in [4.78, 5) is 18.4. The van der Waals surface area contributed by atoms with Crippen molar-refractivity contribution in [2.45, 2.75) is 38.3 Å². The van der Waals surface area contributed by atoms with Crippen molar-refractivity contribution in [3.63, 3.8) is 0 Å². The van der Waals surface area contributed by atoms with E-state index >= 15 is 0 Å². The van der Waals surface area contributed by atoms with Gasteiger partial charge in [-0.05, 0) is 33.5 Å². The smallest absolute Gasteiger partial charge is 0.401 e. The van der Waals surface area contributed by atoms with Gasteiger partial charge in [0.05, 0.1) is 5.69 Å². The molecule has 0 bridgehead atoms. The van der Waals surface area contributed by atoms with Crippen molar-refractivity contribution in [1.29, 1.82) is 0 Å². The Morgan fingerprint density at radius 3 is 2.32 bits per heavy atom. The zero-order valence-electron chi connectivity index (χ0n) is 18.3. The van der Waals surface area contributed by atoms with Gasteiger partial charge >= 0.3 is 12.1 Å². The van der Waals surface area contributed by atoms with Crippen molar-refractivity contribution < 1.29 is 23.1 Å². The molecule has 3 N–H and O–H groups in total. The quantitative estimate of drug-likeness (QED) is 0.343. The predicted molar refractivity (Wildman–Crippen MR) is 117 cm³/mol. The number of aromatic amines is 2. The van der Waals surface area contributed by atoms with Gasteiger partial charge < -0.3 is 10.1 Å². The maximum Gasteiger partial charge on any atom is 0.401 e. The molecule has 176 valence electrons. The van der Waals surface area contributed by atoms with Crippen LogP contribution in [0.4, 0.5) is 13.2 Å². The van der Waals surface area contributed by atoms with Crippen LogP contribution in [0.1, 0.15) is 59.7 Å². The van der Waals surface area contributed by atoms with Gasteiger partial charge in [-0.25, -0.2) is 14.9 Å². The molecule has 2 heterocycles. The van der Waals surface area contributed by atoms with Gasteiger partial charge in [-0.3, -0.25) is 0 Å². The zero-order chi connectivity index (χ0) is 24.5. The first-order chi connectivity index (χ1) is 16.2. The summed E-state index contributed by atoms with van der Waals surface area (Å²) in [7, 11) is 0. The van der Waals surface area contributed by atoms with Gasteiger partial charge in [0.2, 0.25) is 0 Å². The number of carbonyl (C=O) groups is 1. The van der Waals surface area contributed by atoms with E-state index in [1.54, 1.807) is 37.3 Å². The van der Waals surface area contributed by atoms with Gasteiger partial charge in [0.15, 0.2) is 5.82 Å². The number of aromatic nitrogens is 6. The van der Waals surface area contributed by atoms with Crippen LogP contribution >= 0.6 is 0 Å². The van der Waals surface area contributed by atoms with E-state index in [2.05, 4.69) is 30.6 Å². The molecule has 0 fully saturated rings. The SMILES string of the molecule is CCC(C)c1nc(C(c2ccc(-c3ccccc3-c3nnn[nH]3)cc2)C(F)(F)F)c(C(=O)O)[nH]1. The summed E-state index contributed by atoms with van der Waals surface area (Å²) in [6.45, 7) is 3.62. The molecule has 0 saturated heterocycles. The lowest BCUT2D eigenvalue weighted by atomic mass is 9.91. The van der Waals surface area contributed by atoms with Crippen LogP contribution < -0.4 is 0 Å². The molecule has 2 unspecified atom stereocenters. The van der Waals surface area contributed by atoms with E-state index in [1.807, 2.05) is 13.0 Å². The van der Waals surface area contributed by atoms with Crippen LogP contribution in [0.5, 0.6) is 0 Å². The third-order valence-corrected chi connectivity index (χ3v) is 5.73. The number of alkyl halides is 3. The third-order valence-electron chi connectivity index (χ3n) is 5.73. The maximum atomic E-state index is 14.2. The standard InChI is InChI=1S/C23H21F3N6O2/c1-3-12(2)20-27-18(19(28-20)22(33)34)17(23(24,25)26)14-10-8-13(9-11-14)15-6-4-5-7-16(15)21-29-31-32-30-21/h4-12,17H,3H2,1-2H3,(H,27,28)(H,33,34)(H,29,30,31,32). The van der Waals surface area contributed by atoms with Gasteiger partial charge in [0, 0.05) is 11.5 Å². The first kappa shape index (κ1) is 23.1. The Hall–Kier alpha value is -4.02. The molecule has 0 aliphatic carbocycles. The Morgan fingerprint density at radius 2 is 1.76 bits per heavy atom. The number of H-pyrrole nitrogens is 2. The van der Waals surface area contributed by atoms with E-state index in [9.17, 15) is 23.1 Å². The van der Waals surface area contributed by atoms with Crippen LogP contribution in [0.15, 0.2) is 48.5 Å². The Labute approximate surface area is 192 Å². The molecule has 0 amide bonds. The van der Waals surface area contributed by atoms with E-state index in [4.69, 9.17) is 0 Å². The number of halogens is 3. The van der Waals surface area contributed by atoms with Crippen LogP contribution in [0, 0.1) is 0 Å². The molecule has 34 heavy (non-hydrogen) atoms. The Morgan fingerprint density at radius 1 is 1.09 bits per heavy atom. The molecule has 0 aliphatic heterocycles. The summed E-state index contributed by atoms with van der Waals surface area (Å²) >= 11 is 0. The number of hydrogen-bond donors (Lipinski definition) is 3. The number of tetrazole rings is 1. The number of aromatic carboxylic acids is 1. The van der Waals surface area contributed by atoms with E-state index in [0.717, 1.165) is 5.56 Å². The van der Waals surface area contributed by atoms with E-state index < -0.39 is 29.5 Å². The number of rotatable bonds is 7. The Bertz CT molecular complexity index is 1280. The molecular weight excluding hydrogens is 449 g/mol.